The molecule has 1 atom stereocenters. The van der Waals surface area contributed by atoms with Crippen molar-refractivity contribution < 1.29 is 14.6 Å². The highest BCUT2D eigenvalue weighted by Crippen LogP contribution is 2.25. The topological polar surface area (TPSA) is 96.7 Å². The predicted octanol–water partition coefficient (Wildman–Crippen LogP) is 3.16. The summed E-state index contributed by atoms with van der Waals surface area (Å²) in [6.07, 6.45) is 6.83. The minimum atomic E-state index is -1.01. The second kappa shape index (κ2) is 9.43. The van der Waals surface area contributed by atoms with Crippen LogP contribution in [0.4, 0.5) is 10.7 Å². The fourth-order valence-electron chi connectivity index (χ4n) is 4.01. The molecule has 3 rings (SSSR count). The minimum Gasteiger partial charge on any atom is -0.415 e. The number of hydrogen-bond donors (Lipinski definition) is 2. The number of rotatable bonds is 5. The fraction of sp³-hybridized carbons (Fsp3) is 0.667. The molecule has 8 heteroatoms. The van der Waals surface area contributed by atoms with E-state index in [1.165, 1.54) is 41.6 Å². The number of ether oxygens (including phenoxy) is 1. The molecule has 8 nitrogen and oxygen atoms in total. The molecule has 1 aliphatic carbocycles. The van der Waals surface area contributed by atoms with Crippen LogP contribution < -0.4 is 10.9 Å². The first-order valence-electron chi connectivity index (χ1n) is 10.6. The molecular formula is C21H32N4O4. The van der Waals surface area contributed by atoms with Gasteiger partial charge >= 0.3 is 6.09 Å². The van der Waals surface area contributed by atoms with Crippen LogP contribution in [0.3, 0.4) is 0 Å². The summed E-state index contributed by atoms with van der Waals surface area (Å²) in [6, 6.07) is 0. The van der Waals surface area contributed by atoms with Gasteiger partial charge < -0.3 is 20.1 Å². The molecule has 0 bridgehead atoms. The quantitative estimate of drug-likeness (QED) is 0.732. The standard InChI is InChI=1S/C21H32N4O4/c1-4-14(2)29-21(28)24-11-10-18-17(13-24)19(27)25(15(3)26)20(23-18)22-12-16-8-6-5-7-9-16/h4,15-16,26H,5-13H2,1-3H3,(H,22,23)/b14-4+. The number of carbonyl (C=O) groups excluding carboxylic acids is 1. The maximum Gasteiger partial charge on any atom is 0.415 e. The highest BCUT2D eigenvalue weighted by Gasteiger charge is 2.28. The summed E-state index contributed by atoms with van der Waals surface area (Å²) in [7, 11) is 0. The molecule has 2 heterocycles. The van der Waals surface area contributed by atoms with Crippen LogP contribution in [0.2, 0.25) is 0 Å². The number of amides is 1. The Morgan fingerprint density at radius 1 is 1.38 bits per heavy atom. The summed E-state index contributed by atoms with van der Waals surface area (Å²) in [6.45, 7) is 6.37. The van der Waals surface area contributed by atoms with Gasteiger partial charge in [0, 0.05) is 19.5 Å². The number of aromatic nitrogens is 2. The van der Waals surface area contributed by atoms with Gasteiger partial charge in [-0.05, 0) is 45.6 Å². The number of allylic oxidation sites excluding steroid dienone is 2. The van der Waals surface area contributed by atoms with Crippen LogP contribution >= 0.6 is 0 Å². The van der Waals surface area contributed by atoms with E-state index in [0.29, 0.717) is 41.8 Å². The summed E-state index contributed by atoms with van der Waals surface area (Å²) in [5.74, 6) is 1.50. The van der Waals surface area contributed by atoms with Gasteiger partial charge in [-0.2, -0.15) is 0 Å². The molecule has 1 amide bonds. The van der Waals surface area contributed by atoms with Crippen molar-refractivity contribution in [2.24, 2.45) is 5.92 Å². The van der Waals surface area contributed by atoms with Gasteiger partial charge in [0.05, 0.1) is 17.8 Å². The molecule has 0 radical (unpaired) electrons. The van der Waals surface area contributed by atoms with Crippen molar-refractivity contribution in [2.75, 3.05) is 18.4 Å². The second-order valence-corrected chi connectivity index (χ2v) is 7.99. The van der Waals surface area contributed by atoms with E-state index in [-0.39, 0.29) is 12.1 Å². The first kappa shape index (κ1) is 21.4. The van der Waals surface area contributed by atoms with Crippen LogP contribution in [0.1, 0.15) is 70.4 Å². The van der Waals surface area contributed by atoms with Crippen LogP contribution in [0.25, 0.3) is 0 Å². The van der Waals surface area contributed by atoms with Gasteiger partial charge in [-0.15, -0.1) is 0 Å². The van der Waals surface area contributed by atoms with E-state index < -0.39 is 12.3 Å². The van der Waals surface area contributed by atoms with E-state index in [1.54, 1.807) is 26.8 Å². The summed E-state index contributed by atoms with van der Waals surface area (Å²) in [5, 5.41) is 13.5. The number of nitrogens with zero attached hydrogens (tertiary/aromatic N) is 3. The second-order valence-electron chi connectivity index (χ2n) is 7.99. The number of anilines is 1. The fourth-order valence-corrected chi connectivity index (χ4v) is 4.01. The van der Waals surface area contributed by atoms with Gasteiger partial charge in [-0.25, -0.2) is 9.78 Å². The van der Waals surface area contributed by atoms with Gasteiger partial charge in [0.1, 0.15) is 12.0 Å². The number of hydrogen-bond acceptors (Lipinski definition) is 6. The molecule has 1 aromatic rings. The zero-order chi connectivity index (χ0) is 21.0. The van der Waals surface area contributed by atoms with Crippen molar-refractivity contribution in [3.8, 4) is 0 Å². The van der Waals surface area contributed by atoms with Crippen LogP contribution in [0, 0.1) is 5.92 Å². The van der Waals surface area contributed by atoms with Crippen molar-refractivity contribution in [3.63, 3.8) is 0 Å². The van der Waals surface area contributed by atoms with E-state index in [2.05, 4.69) is 10.3 Å². The lowest BCUT2D eigenvalue weighted by Gasteiger charge is -2.29. The Morgan fingerprint density at radius 3 is 2.76 bits per heavy atom. The smallest absolute Gasteiger partial charge is 0.415 e. The number of fused-ring (bicyclic) bond motifs is 1. The summed E-state index contributed by atoms with van der Waals surface area (Å²) < 4.78 is 6.54. The molecule has 0 aromatic carbocycles. The molecule has 1 saturated carbocycles. The van der Waals surface area contributed by atoms with Gasteiger partial charge in [0.25, 0.3) is 5.56 Å². The third-order valence-corrected chi connectivity index (χ3v) is 5.82. The average molecular weight is 405 g/mol. The lowest BCUT2D eigenvalue weighted by molar-refractivity contribution is 0.116. The number of carbonyl (C=O) groups is 1. The van der Waals surface area contributed by atoms with Crippen molar-refractivity contribution in [3.05, 3.63) is 33.4 Å². The van der Waals surface area contributed by atoms with Gasteiger partial charge in [0.2, 0.25) is 5.95 Å². The summed E-state index contributed by atoms with van der Waals surface area (Å²) in [5.41, 5.74) is 0.816. The highest BCUT2D eigenvalue weighted by atomic mass is 16.6. The van der Waals surface area contributed by atoms with E-state index in [4.69, 9.17) is 4.74 Å². The van der Waals surface area contributed by atoms with E-state index in [0.717, 1.165) is 6.54 Å². The summed E-state index contributed by atoms with van der Waals surface area (Å²) in [4.78, 5) is 31.6. The molecule has 1 fully saturated rings. The maximum atomic E-state index is 13.1. The van der Waals surface area contributed by atoms with Gasteiger partial charge in [-0.3, -0.25) is 9.36 Å². The Balaban J connectivity index is 1.81. The van der Waals surface area contributed by atoms with Crippen LogP contribution in [0.5, 0.6) is 0 Å². The Hall–Kier alpha value is -2.35. The lowest BCUT2D eigenvalue weighted by Crippen LogP contribution is -2.42. The van der Waals surface area contributed by atoms with Crippen molar-refractivity contribution in [1.82, 2.24) is 14.5 Å². The van der Waals surface area contributed by atoms with Crippen LogP contribution in [-0.2, 0) is 17.7 Å². The SMILES string of the molecule is C/C=C(\C)OC(=O)N1CCc2nc(NCC3CCCCC3)n(C(C)O)c(=O)c2C1. The Labute approximate surface area is 171 Å². The number of nitrogens with one attached hydrogen (secondary N) is 1. The Bertz CT molecular complexity index is 825. The largest absolute Gasteiger partial charge is 0.415 e. The molecule has 160 valence electrons. The first-order valence-corrected chi connectivity index (χ1v) is 10.6. The molecule has 0 spiro atoms. The van der Waals surface area contributed by atoms with E-state index >= 15 is 0 Å². The molecule has 2 aliphatic rings. The lowest BCUT2D eigenvalue weighted by atomic mass is 9.89. The van der Waals surface area contributed by atoms with E-state index in [9.17, 15) is 14.7 Å². The Morgan fingerprint density at radius 2 is 2.10 bits per heavy atom. The summed E-state index contributed by atoms with van der Waals surface area (Å²) >= 11 is 0. The molecule has 1 aliphatic heterocycles. The number of aliphatic hydroxyl groups is 1. The monoisotopic (exact) mass is 404 g/mol. The molecule has 2 N–H and O–H groups in total. The van der Waals surface area contributed by atoms with Crippen molar-refractivity contribution >= 4 is 12.0 Å². The van der Waals surface area contributed by atoms with Crippen molar-refractivity contribution in [1.29, 1.82) is 0 Å². The molecule has 1 unspecified atom stereocenters. The molecule has 0 saturated heterocycles. The predicted molar refractivity (Wildman–Crippen MR) is 111 cm³/mol. The normalized spacial score (nSPS) is 18.9. The minimum absolute atomic E-state index is 0.132. The van der Waals surface area contributed by atoms with Crippen molar-refractivity contribution in [2.45, 2.75) is 72.1 Å². The van der Waals surface area contributed by atoms with Crippen LogP contribution in [0.15, 0.2) is 16.6 Å². The molecule has 1 aromatic heterocycles. The highest BCUT2D eigenvalue weighted by molar-refractivity contribution is 5.69. The van der Waals surface area contributed by atoms with Gasteiger partial charge in [-0.1, -0.05) is 19.3 Å². The van der Waals surface area contributed by atoms with E-state index in [1.807, 2.05) is 0 Å². The third-order valence-electron chi connectivity index (χ3n) is 5.82. The zero-order valence-corrected chi connectivity index (χ0v) is 17.6. The molecule has 29 heavy (non-hydrogen) atoms. The Kier molecular flexibility index (Phi) is 6.95. The molecular weight excluding hydrogens is 372 g/mol. The van der Waals surface area contributed by atoms with Gasteiger partial charge in [0.15, 0.2) is 0 Å². The first-order chi connectivity index (χ1) is 13.9. The third kappa shape index (κ3) is 4.98. The maximum absolute atomic E-state index is 13.1. The van der Waals surface area contributed by atoms with Crippen LogP contribution in [-0.4, -0.2) is 38.7 Å². The number of aliphatic hydroxyl groups excluding tert-OH is 1. The average Bonchev–Trinajstić information content (AvgIpc) is 2.72. The zero-order valence-electron chi connectivity index (χ0n) is 17.6.